The van der Waals surface area contributed by atoms with Crippen LogP contribution in [-0.4, -0.2) is 39.8 Å². The van der Waals surface area contributed by atoms with E-state index in [0.29, 0.717) is 37.2 Å². The number of benzene rings is 1. The van der Waals surface area contributed by atoms with E-state index in [0.717, 1.165) is 17.8 Å². The lowest BCUT2D eigenvalue weighted by Crippen LogP contribution is -2.34. The van der Waals surface area contributed by atoms with E-state index in [1.165, 1.54) is 23.3 Å². The molecule has 3 aromatic rings. The highest BCUT2D eigenvalue weighted by molar-refractivity contribution is 7.13. The summed E-state index contributed by atoms with van der Waals surface area (Å²) in [5.74, 6) is 0.834. The summed E-state index contributed by atoms with van der Waals surface area (Å²) in [6.45, 7) is 9.90. The number of hydrogen-bond donors (Lipinski definition) is 1. The van der Waals surface area contributed by atoms with Gasteiger partial charge in [-0.05, 0) is 55.9 Å². The fraction of sp³-hybridized carbons (Fsp3) is 0.407. The van der Waals surface area contributed by atoms with Crippen LogP contribution in [0.3, 0.4) is 0 Å². The molecule has 4 rings (SSSR count). The molecule has 1 unspecified atom stereocenters. The molecule has 1 atom stereocenters. The van der Waals surface area contributed by atoms with Crippen molar-refractivity contribution in [2.45, 2.75) is 59.5 Å². The number of carbonyl (C=O) groups excluding carboxylic acids is 2. The maximum Gasteiger partial charge on any atom is 0.223 e. The Labute approximate surface area is 207 Å². The SMILES string of the molecule is CC(C)CC(=O)N1CCCC1C.Cc1ncsc1-c1ccc(CNC=O)cc1.c1ccncc1. The van der Waals surface area contributed by atoms with E-state index in [2.05, 4.69) is 48.2 Å². The van der Waals surface area contributed by atoms with Gasteiger partial charge in [0.15, 0.2) is 0 Å². The van der Waals surface area contributed by atoms with E-state index in [1.807, 2.05) is 47.7 Å². The minimum absolute atomic E-state index is 0.343. The van der Waals surface area contributed by atoms with Gasteiger partial charge in [0.2, 0.25) is 12.3 Å². The van der Waals surface area contributed by atoms with Crippen molar-refractivity contribution in [3.05, 3.63) is 71.6 Å². The number of pyridine rings is 1. The Morgan fingerprint density at radius 2 is 1.91 bits per heavy atom. The van der Waals surface area contributed by atoms with Crippen molar-refractivity contribution in [1.29, 1.82) is 0 Å². The maximum absolute atomic E-state index is 11.6. The normalized spacial score (nSPS) is 14.5. The van der Waals surface area contributed by atoms with Crippen LogP contribution >= 0.6 is 11.3 Å². The molecule has 1 aliphatic heterocycles. The molecule has 0 spiro atoms. The van der Waals surface area contributed by atoms with E-state index in [1.54, 1.807) is 23.7 Å². The summed E-state index contributed by atoms with van der Waals surface area (Å²) in [7, 11) is 0. The lowest BCUT2D eigenvalue weighted by molar-refractivity contribution is -0.132. The largest absolute Gasteiger partial charge is 0.355 e. The maximum atomic E-state index is 11.6. The van der Waals surface area contributed by atoms with Crippen LogP contribution in [0.1, 0.15) is 51.3 Å². The van der Waals surface area contributed by atoms with Gasteiger partial charge in [0, 0.05) is 37.9 Å². The van der Waals surface area contributed by atoms with E-state index >= 15 is 0 Å². The molecule has 0 radical (unpaired) electrons. The number of nitrogens with one attached hydrogen (secondary N) is 1. The van der Waals surface area contributed by atoms with Crippen molar-refractivity contribution in [3.63, 3.8) is 0 Å². The summed E-state index contributed by atoms with van der Waals surface area (Å²) >= 11 is 1.64. The number of thiazole rings is 1. The molecule has 1 saturated heterocycles. The van der Waals surface area contributed by atoms with Crippen LogP contribution in [-0.2, 0) is 16.1 Å². The summed E-state index contributed by atoms with van der Waals surface area (Å²) in [5.41, 5.74) is 5.18. The molecular formula is C27H36N4O2S. The molecule has 0 saturated carbocycles. The third-order valence-corrected chi connectivity index (χ3v) is 6.35. The predicted octanol–water partition coefficient (Wildman–Crippen LogP) is 5.49. The number of aromatic nitrogens is 2. The molecule has 1 N–H and O–H groups in total. The van der Waals surface area contributed by atoms with Gasteiger partial charge in [0.1, 0.15) is 0 Å². The molecule has 34 heavy (non-hydrogen) atoms. The number of nitrogens with zero attached hydrogens (tertiary/aromatic N) is 3. The van der Waals surface area contributed by atoms with E-state index < -0.39 is 0 Å². The molecule has 6 nitrogen and oxygen atoms in total. The summed E-state index contributed by atoms with van der Waals surface area (Å²) < 4.78 is 0. The predicted molar refractivity (Wildman–Crippen MR) is 139 cm³/mol. The van der Waals surface area contributed by atoms with Crippen LogP contribution in [0.25, 0.3) is 10.4 Å². The molecule has 1 fully saturated rings. The van der Waals surface area contributed by atoms with Gasteiger partial charge in [-0.3, -0.25) is 14.6 Å². The standard InChI is InChI=1S/C12H12N2OS.C10H19NO.C5H5N/c1-9-12(16-8-14-9)11-4-2-10(3-5-11)6-13-7-15;1-8(2)7-10(12)11-6-4-5-9(11)3;1-2-4-6-5-3-1/h2-5,7-8H,6H2,1H3,(H,13,15);8-9H,4-7H2,1-3H3;1-5H. The molecule has 2 amide bonds. The summed E-state index contributed by atoms with van der Waals surface area (Å²) in [4.78, 5) is 33.0. The fourth-order valence-electron chi connectivity index (χ4n) is 3.60. The number of carbonyl (C=O) groups is 2. The average Bonchev–Trinajstić information content (AvgIpc) is 3.47. The van der Waals surface area contributed by atoms with Gasteiger partial charge in [0.05, 0.1) is 16.1 Å². The second kappa shape index (κ2) is 15.0. The monoisotopic (exact) mass is 480 g/mol. The van der Waals surface area contributed by atoms with Crippen LogP contribution in [0.2, 0.25) is 0 Å². The number of rotatable bonds is 6. The third-order valence-electron chi connectivity index (χ3n) is 5.37. The van der Waals surface area contributed by atoms with Crippen molar-refractivity contribution >= 4 is 23.7 Å². The minimum atomic E-state index is 0.343. The Hall–Kier alpha value is -3.06. The molecule has 0 bridgehead atoms. The first-order valence-corrected chi connectivity index (χ1v) is 12.6. The van der Waals surface area contributed by atoms with Crippen molar-refractivity contribution in [2.24, 2.45) is 5.92 Å². The van der Waals surface area contributed by atoms with E-state index in [9.17, 15) is 9.59 Å². The Morgan fingerprint density at radius 3 is 2.35 bits per heavy atom. The van der Waals surface area contributed by atoms with Crippen LogP contribution in [0, 0.1) is 12.8 Å². The quantitative estimate of drug-likeness (QED) is 0.474. The molecule has 0 aliphatic carbocycles. The summed E-state index contributed by atoms with van der Waals surface area (Å²) in [6.07, 6.45) is 7.29. The summed E-state index contributed by atoms with van der Waals surface area (Å²) in [5, 5.41) is 2.64. The zero-order chi connectivity index (χ0) is 24.8. The van der Waals surface area contributed by atoms with Gasteiger partial charge >= 0.3 is 0 Å². The Morgan fingerprint density at radius 1 is 1.21 bits per heavy atom. The summed E-state index contributed by atoms with van der Waals surface area (Å²) in [6, 6.07) is 14.4. The van der Waals surface area contributed by atoms with Crippen molar-refractivity contribution in [1.82, 2.24) is 20.2 Å². The molecule has 1 aromatic carbocycles. The number of aryl methyl sites for hydroxylation is 1. The van der Waals surface area contributed by atoms with E-state index in [-0.39, 0.29) is 0 Å². The highest BCUT2D eigenvalue weighted by Crippen LogP contribution is 2.27. The van der Waals surface area contributed by atoms with Gasteiger partial charge < -0.3 is 10.2 Å². The van der Waals surface area contributed by atoms with Crippen LogP contribution in [0.5, 0.6) is 0 Å². The molecule has 7 heteroatoms. The highest BCUT2D eigenvalue weighted by Gasteiger charge is 2.24. The van der Waals surface area contributed by atoms with Gasteiger partial charge in [-0.2, -0.15) is 0 Å². The van der Waals surface area contributed by atoms with Gasteiger partial charge in [-0.15, -0.1) is 11.3 Å². The van der Waals surface area contributed by atoms with Crippen molar-refractivity contribution in [2.75, 3.05) is 6.54 Å². The smallest absolute Gasteiger partial charge is 0.223 e. The second-order valence-corrected chi connectivity index (χ2v) is 9.52. The fourth-order valence-corrected chi connectivity index (χ4v) is 4.41. The minimum Gasteiger partial charge on any atom is -0.355 e. The first-order chi connectivity index (χ1) is 16.4. The molecule has 2 aromatic heterocycles. The zero-order valence-corrected chi connectivity index (χ0v) is 21.4. The van der Waals surface area contributed by atoms with Crippen LogP contribution in [0.15, 0.2) is 60.4 Å². The first kappa shape index (κ1) is 27.2. The number of hydrogen-bond acceptors (Lipinski definition) is 5. The molecule has 182 valence electrons. The van der Waals surface area contributed by atoms with E-state index in [4.69, 9.17) is 0 Å². The highest BCUT2D eigenvalue weighted by atomic mass is 32.1. The van der Waals surface area contributed by atoms with Crippen LogP contribution < -0.4 is 5.32 Å². The van der Waals surface area contributed by atoms with Crippen molar-refractivity contribution in [3.8, 4) is 10.4 Å². The lowest BCUT2D eigenvalue weighted by Gasteiger charge is -2.22. The first-order valence-electron chi connectivity index (χ1n) is 11.7. The van der Waals surface area contributed by atoms with Crippen LogP contribution in [0.4, 0.5) is 0 Å². The number of likely N-dealkylation sites (tertiary alicyclic amines) is 1. The topological polar surface area (TPSA) is 75.2 Å². The Kier molecular flexibility index (Phi) is 12.0. The zero-order valence-electron chi connectivity index (χ0n) is 20.6. The Balaban J connectivity index is 0.000000199. The van der Waals surface area contributed by atoms with Gasteiger partial charge in [-0.1, -0.05) is 44.2 Å². The number of amides is 2. The van der Waals surface area contributed by atoms with Crippen molar-refractivity contribution < 1.29 is 9.59 Å². The van der Waals surface area contributed by atoms with Gasteiger partial charge in [-0.25, -0.2) is 4.98 Å². The molecule has 3 heterocycles. The second-order valence-electron chi connectivity index (χ2n) is 8.66. The lowest BCUT2D eigenvalue weighted by atomic mass is 10.1. The Bertz CT molecular complexity index is 947. The third kappa shape index (κ3) is 9.43. The average molecular weight is 481 g/mol. The molecule has 1 aliphatic rings. The van der Waals surface area contributed by atoms with Gasteiger partial charge in [0.25, 0.3) is 0 Å². The molecular weight excluding hydrogens is 444 g/mol.